The molecule has 4 heteroatoms. The number of hydrogen-bond donors (Lipinski definition) is 1. The van der Waals surface area contributed by atoms with E-state index in [4.69, 9.17) is 5.11 Å². The number of aliphatic carboxylic acids is 1. The van der Waals surface area contributed by atoms with Gasteiger partial charge >= 0.3 is 5.97 Å². The van der Waals surface area contributed by atoms with E-state index < -0.39 is 11.4 Å². The van der Waals surface area contributed by atoms with E-state index in [0.29, 0.717) is 11.1 Å². The van der Waals surface area contributed by atoms with E-state index >= 15 is 0 Å². The highest BCUT2D eigenvalue weighted by molar-refractivity contribution is 9.10. The van der Waals surface area contributed by atoms with Crippen LogP contribution in [0.25, 0.3) is 0 Å². The molecule has 0 saturated carbocycles. The molecule has 0 fully saturated rings. The van der Waals surface area contributed by atoms with Crippen molar-refractivity contribution >= 4 is 21.9 Å². The number of carboxylic acid groups (broad SMARTS) is 1. The summed E-state index contributed by atoms with van der Waals surface area (Å²) >= 11 is 3.36. The predicted molar refractivity (Wildman–Crippen MR) is 68.7 cm³/mol. The number of rotatable bonds is 3. The number of benzene rings is 1. The first-order chi connectivity index (χ1) is 7.66. The van der Waals surface area contributed by atoms with Crippen LogP contribution in [0.1, 0.15) is 30.5 Å². The molecule has 17 heavy (non-hydrogen) atoms. The molecule has 0 unspecified atom stereocenters. The Morgan fingerprint density at radius 2 is 2.00 bits per heavy atom. The number of aryl methyl sites for hydroxylation is 1. The van der Waals surface area contributed by atoms with Gasteiger partial charge in [-0.05, 0) is 56.9 Å². The third kappa shape index (κ3) is 2.86. The van der Waals surface area contributed by atoms with E-state index in [9.17, 15) is 9.18 Å². The van der Waals surface area contributed by atoms with E-state index in [1.165, 1.54) is 0 Å². The first-order valence-corrected chi connectivity index (χ1v) is 6.13. The monoisotopic (exact) mass is 302 g/mol. The van der Waals surface area contributed by atoms with Crippen LogP contribution in [0.5, 0.6) is 0 Å². The van der Waals surface area contributed by atoms with Crippen molar-refractivity contribution < 1.29 is 14.3 Å². The molecule has 0 aliphatic carbocycles. The van der Waals surface area contributed by atoms with Crippen LogP contribution < -0.4 is 0 Å². The minimum Gasteiger partial charge on any atom is -0.481 e. The van der Waals surface area contributed by atoms with Gasteiger partial charge in [-0.1, -0.05) is 15.9 Å². The van der Waals surface area contributed by atoms with Gasteiger partial charge in [-0.3, -0.25) is 4.79 Å². The Balaban J connectivity index is 3.28. The van der Waals surface area contributed by atoms with E-state index in [2.05, 4.69) is 15.9 Å². The Bertz CT molecular complexity index is 441. The maximum atomic E-state index is 14.0. The molecule has 1 aromatic carbocycles. The smallest absolute Gasteiger partial charge is 0.309 e. The summed E-state index contributed by atoms with van der Waals surface area (Å²) in [5.41, 5.74) is 0.795. The van der Waals surface area contributed by atoms with Crippen molar-refractivity contribution in [3.63, 3.8) is 0 Å². The van der Waals surface area contributed by atoms with Gasteiger partial charge in [0.05, 0.1) is 5.41 Å². The van der Waals surface area contributed by atoms with Gasteiger partial charge in [0.2, 0.25) is 0 Å². The van der Waals surface area contributed by atoms with E-state index in [0.717, 1.165) is 10.0 Å². The highest BCUT2D eigenvalue weighted by Gasteiger charge is 2.30. The maximum Gasteiger partial charge on any atom is 0.309 e. The Kier molecular flexibility index (Phi) is 3.97. The number of halogens is 2. The normalized spacial score (nSPS) is 11.6. The quantitative estimate of drug-likeness (QED) is 0.920. The number of carboxylic acids is 1. The van der Waals surface area contributed by atoms with Gasteiger partial charge in [-0.25, -0.2) is 4.39 Å². The molecule has 2 nitrogen and oxygen atoms in total. The van der Waals surface area contributed by atoms with E-state index in [-0.39, 0.29) is 12.2 Å². The van der Waals surface area contributed by atoms with Crippen molar-refractivity contribution in [1.29, 1.82) is 0 Å². The highest BCUT2D eigenvalue weighted by atomic mass is 79.9. The second kappa shape index (κ2) is 4.77. The maximum absolute atomic E-state index is 14.0. The lowest BCUT2D eigenvalue weighted by molar-refractivity contribution is -0.146. The van der Waals surface area contributed by atoms with Gasteiger partial charge in [-0.15, -0.1) is 0 Å². The second-order valence-corrected chi connectivity index (χ2v) is 5.81. The van der Waals surface area contributed by atoms with Gasteiger partial charge < -0.3 is 5.11 Å². The van der Waals surface area contributed by atoms with Crippen molar-refractivity contribution in [3.8, 4) is 0 Å². The first-order valence-electron chi connectivity index (χ1n) is 5.34. The zero-order valence-electron chi connectivity index (χ0n) is 10.4. The summed E-state index contributed by atoms with van der Waals surface area (Å²) in [6.45, 7) is 6.67. The molecule has 0 heterocycles. The average molecular weight is 303 g/mol. The van der Waals surface area contributed by atoms with Crippen LogP contribution in [-0.4, -0.2) is 11.1 Å². The van der Waals surface area contributed by atoms with Gasteiger partial charge in [0.1, 0.15) is 5.82 Å². The lowest BCUT2D eigenvalue weighted by Crippen LogP contribution is -2.27. The van der Waals surface area contributed by atoms with Crippen LogP contribution in [-0.2, 0) is 11.2 Å². The fraction of sp³-hybridized carbons (Fsp3) is 0.462. The van der Waals surface area contributed by atoms with Gasteiger partial charge in [0, 0.05) is 4.47 Å². The highest BCUT2D eigenvalue weighted by Crippen LogP contribution is 2.31. The third-order valence-corrected chi connectivity index (χ3v) is 3.79. The van der Waals surface area contributed by atoms with Crippen molar-refractivity contribution in [2.24, 2.45) is 5.41 Å². The average Bonchev–Trinajstić information content (AvgIpc) is 2.21. The van der Waals surface area contributed by atoms with Gasteiger partial charge in [0.25, 0.3) is 0 Å². The van der Waals surface area contributed by atoms with Crippen LogP contribution >= 0.6 is 15.9 Å². The summed E-state index contributed by atoms with van der Waals surface area (Å²) in [6, 6.07) is 1.71. The topological polar surface area (TPSA) is 37.3 Å². The Hall–Kier alpha value is -0.900. The molecule has 0 saturated heterocycles. The van der Waals surface area contributed by atoms with E-state index in [1.54, 1.807) is 33.8 Å². The van der Waals surface area contributed by atoms with E-state index in [1.807, 2.05) is 0 Å². The summed E-state index contributed by atoms with van der Waals surface area (Å²) in [4.78, 5) is 11.1. The molecule has 0 radical (unpaired) electrons. The molecule has 0 aromatic heterocycles. The lowest BCUT2D eigenvalue weighted by atomic mass is 9.84. The molecule has 0 aliphatic heterocycles. The first kappa shape index (κ1) is 14.2. The molecular formula is C13H16BrFO2. The van der Waals surface area contributed by atoms with Crippen LogP contribution in [0.3, 0.4) is 0 Å². The van der Waals surface area contributed by atoms with Crippen LogP contribution in [0, 0.1) is 25.1 Å². The Morgan fingerprint density at radius 3 is 2.47 bits per heavy atom. The van der Waals surface area contributed by atoms with Crippen molar-refractivity contribution in [2.45, 2.75) is 34.1 Å². The molecule has 1 N–H and O–H groups in total. The fourth-order valence-electron chi connectivity index (χ4n) is 1.64. The van der Waals surface area contributed by atoms with Crippen molar-refractivity contribution in [3.05, 3.63) is 33.0 Å². The van der Waals surface area contributed by atoms with Gasteiger partial charge in [-0.2, -0.15) is 0 Å². The lowest BCUT2D eigenvalue weighted by Gasteiger charge is -2.21. The SMILES string of the molecule is Cc1cc(Br)c(C)c(CC(C)(C)C(=O)O)c1F. The number of carbonyl (C=O) groups is 1. The third-order valence-electron chi connectivity index (χ3n) is 2.96. The Labute approximate surface area is 109 Å². The van der Waals surface area contributed by atoms with Crippen LogP contribution in [0.15, 0.2) is 10.5 Å². The minimum atomic E-state index is -0.973. The van der Waals surface area contributed by atoms with Crippen LogP contribution in [0.4, 0.5) is 4.39 Å². The zero-order chi connectivity index (χ0) is 13.4. The number of hydrogen-bond acceptors (Lipinski definition) is 1. The summed E-state index contributed by atoms with van der Waals surface area (Å²) in [7, 11) is 0. The molecule has 0 atom stereocenters. The molecule has 94 valence electrons. The summed E-state index contributed by atoms with van der Waals surface area (Å²) < 4.78 is 14.8. The van der Waals surface area contributed by atoms with Gasteiger partial charge in [0.15, 0.2) is 0 Å². The predicted octanol–water partition coefficient (Wildman–Crippen LogP) is 3.86. The van der Waals surface area contributed by atoms with Crippen LogP contribution in [0.2, 0.25) is 0 Å². The van der Waals surface area contributed by atoms with Crippen molar-refractivity contribution in [2.75, 3.05) is 0 Å². The summed E-state index contributed by atoms with van der Waals surface area (Å²) in [5.74, 6) is -1.23. The molecule has 1 aromatic rings. The molecule has 1 rings (SSSR count). The fourth-order valence-corrected chi connectivity index (χ4v) is 2.22. The van der Waals surface area contributed by atoms with Crippen molar-refractivity contribution in [1.82, 2.24) is 0 Å². The Morgan fingerprint density at radius 1 is 1.47 bits per heavy atom. The minimum absolute atomic E-state index is 0.181. The molecule has 0 bridgehead atoms. The summed E-state index contributed by atoms with van der Waals surface area (Å²) in [6.07, 6.45) is 0.181. The molecule has 0 spiro atoms. The zero-order valence-corrected chi connectivity index (χ0v) is 12.0. The standard InChI is InChI=1S/C13H16BrFO2/c1-7-5-10(14)8(2)9(11(7)15)6-13(3,4)12(16)17/h5H,6H2,1-4H3,(H,16,17). The molecular weight excluding hydrogens is 287 g/mol. The molecule has 0 amide bonds. The molecule has 0 aliphatic rings. The second-order valence-electron chi connectivity index (χ2n) is 4.96. The largest absolute Gasteiger partial charge is 0.481 e. The summed E-state index contributed by atoms with van der Waals surface area (Å²) in [5, 5.41) is 9.09.